The molecule has 0 spiro atoms. The Bertz CT molecular complexity index is 338. The zero-order valence-corrected chi connectivity index (χ0v) is 9.41. The van der Waals surface area contributed by atoms with Crippen LogP contribution < -0.4 is 11.1 Å². The Labute approximate surface area is 89.7 Å². The van der Waals surface area contributed by atoms with Gasteiger partial charge < -0.3 is 16.2 Å². The maximum Gasteiger partial charge on any atom is 0.132 e. The smallest absolute Gasteiger partial charge is 0.132 e. The van der Waals surface area contributed by atoms with E-state index in [1.165, 1.54) is 0 Å². The summed E-state index contributed by atoms with van der Waals surface area (Å²) in [4.78, 5) is 8.34. The second-order valence-corrected chi connectivity index (χ2v) is 4.11. The second kappa shape index (κ2) is 4.44. The van der Waals surface area contributed by atoms with Crippen LogP contribution in [0, 0.1) is 0 Å². The number of anilines is 2. The number of aromatic nitrogens is 2. The van der Waals surface area contributed by atoms with Crippen LogP contribution in [0.3, 0.4) is 0 Å². The molecule has 0 aliphatic heterocycles. The second-order valence-electron chi connectivity index (χ2n) is 4.11. The van der Waals surface area contributed by atoms with Crippen molar-refractivity contribution < 1.29 is 5.11 Å². The van der Waals surface area contributed by atoms with Crippen LogP contribution in [-0.4, -0.2) is 27.2 Å². The fraction of sp³-hybridized carbons (Fsp3) is 0.600. The van der Waals surface area contributed by atoms with E-state index < -0.39 is 5.54 Å². The average Bonchev–Trinajstić information content (AvgIpc) is 2.16. The van der Waals surface area contributed by atoms with Crippen LogP contribution in [0.25, 0.3) is 0 Å². The fourth-order valence-electron chi connectivity index (χ4n) is 1.13. The van der Waals surface area contributed by atoms with Crippen molar-refractivity contribution in [2.75, 3.05) is 17.7 Å². The van der Waals surface area contributed by atoms with Crippen molar-refractivity contribution in [3.63, 3.8) is 0 Å². The van der Waals surface area contributed by atoms with Gasteiger partial charge in [-0.15, -0.1) is 0 Å². The monoisotopic (exact) mass is 210 g/mol. The molecule has 1 rings (SSSR count). The molecule has 0 amide bonds. The number of aryl methyl sites for hydroxylation is 1. The van der Waals surface area contributed by atoms with Crippen molar-refractivity contribution in [2.24, 2.45) is 0 Å². The largest absolute Gasteiger partial charge is 0.394 e. The number of aliphatic hydroxyl groups is 1. The Morgan fingerprint density at radius 1 is 1.47 bits per heavy atom. The van der Waals surface area contributed by atoms with Gasteiger partial charge in [0.15, 0.2) is 0 Å². The van der Waals surface area contributed by atoms with E-state index in [-0.39, 0.29) is 6.61 Å². The van der Waals surface area contributed by atoms with Crippen LogP contribution in [0.1, 0.15) is 26.6 Å². The minimum Gasteiger partial charge on any atom is -0.394 e. The van der Waals surface area contributed by atoms with Crippen molar-refractivity contribution >= 4 is 11.6 Å². The molecule has 0 unspecified atom stereocenters. The molecule has 0 aliphatic carbocycles. The number of nitrogens with one attached hydrogen (secondary N) is 1. The standard InChI is InChI=1S/C10H18N4O/c1-4-8-12-7(11)5-9(13-8)14-10(2,3)6-15/h5,15H,4,6H2,1-3H3,(H3,11,12,13,14). The van der Waals surface area contributed by atoms with Crippen LogP contribution in [0.2, 0.25) is 0 Å². The average molecular weight is 210 g/mol. The molecule has 1 aromatic heterocycles. The molecule has 0 aliphatic rings. The Morgan fingerprint density at radius 2 is 2.13 bits per heavy atom. The van der Waals surface area contributed by atoms with Gasteiger partial charge in [0.2, 0.25) is 0 Å². The molecular weight excluding hydrogens is 192 g/mol. The number of hydrogen-bond acceptors (Lipinski definition) is 5. The molecule has 0 radical (unpaired) electrons. The molecular formula is C10H18N4O. The molecule has 0 saturated carbocycles. The van der Waals surface area contributed by atoms with E-state index in [0.29, 0.717) is 17.5 Å². The minimum absolute atomic E-state index is 0.0262. The summed E-state index contributed by atoms with van der Waals surface area (Å²) in [6.07, 6.45) is 0.735. The summed E-state index contributed by atoms with van der Waals surface area (Å²) in [5, 5.41) is 12.2. The first kappa shape index (κ1) is 11.7. The first-order valence-corrected chi connectivity index (χ1v) is 4.99. The number of hydrogen-bond donors (Lipinski definition) is 3. The number of nitrogens with zero attached hydrogens (tertiary/aromatic N) is 2. The molecule has 0 fully saturated rings. The maximum atomic E-state index is 9.11. The molecule has 0 saturated heterocycles. The van der Waals surface area contributed by atoms with E-state index in [0.717, 1.165) is 6.42 Å². The van der Waals surface area contributed by atoms with Crippen LogP contribution in [0.5, 0.6) is 0 Å². The highest BCUT2D eigenvalue weighted by Gasteiger charge is 2.16. The van der Waals surface area contributed by atoms with Crippen molar-refractivity contribution in [3.05, 3.63) is 11.9 Å². The quantitative estimate of drug-likeness (QED) is 0.684. The van der Waals surface area contributed by atoms with E-state index in [2.05, 4.69) is 15.3 Å². The number of nitrogen functional groups attached to an aromatic ring is 1. The highest BCUT2D eigenvalue weighted by Crippen LogP contribution is 2.14. The molecule has 15 heavy (non-hydrogen) atoms. The number of nitrogens with two attached hydrogens (primary N) is 1. The highest BCUT2D eigenvalue weighted by atomic mass is 16.3. The van der Waals surface area contributed by atoms with Gasteiger partial charge in [0.25, 0.3) is 0 Å². The molecule has 0 aromatic carbocycles. The zero-order valence-electron chi connectivity index (χ0n) is 9.41. The molecule has 1 heterocycles. The molecule has 0 atom stereocenters. The van der Waals surface area contributed by atoms with E-state index in [1.807, 2.05) is 20.8 Å². The Morgan fingerprint density at radius 3 is 2.67 bits per heavy atom. The molecule has 1 aromatic rings. The van der Waals surface area contributed by atoms with Gasteiger partial charge in [-0.25, -0.2) is 9.97 Å². The third-order valence-electron chi connectivity index (χ3n) is 1.97. The van der Waals surface area contributed by atoms with E-state index in [4.69, 9.17) is 10.8 Å². The number of rotatable bonds is 4. The van der Waals surface area contributed by atoms with Gasteiger partial charge in [0.05, 0.1) is 12.1 Å². The summed E-state index contributed by atoms with van der Waals surface area (Å²) >= 11 is 0. The Kier molecular flexibility index (Phi) is 3.47. The van der Waals surface area contributed by atoms with Crippen LogP contribution in [0.4, 0.5) is 11.6 Å². The summed E-state index contributed by atoms with van der Waals surface area (Å²) in [7, 11) is 0. The van der Waals surface area contributed by atoms with Crippen molar-refractivity contribution in [1.29, 1.82) is 0 Å². The Balaban J connectivity index is 2.90. The van der Waals surface area contributed by atoms with Crippen molar-refractivity contribution in [1.82, 2.24) is 9.97 Å². The summed E-state index contributed by atoms with van der Waals surface area (Å²) in [6, 6.07) is 1.66. The molecule has 0 bridgehead atoms. The topological polar surface area (TPSA) is 84.1 Å². The van der Waals surface area contributed by atoms with Crippen LogP contribution >= 0.6 is 0 Å². The van der Waals surface area contributed by atoms with E-state index in [1.54, 1.807) is 6.07 Å². The van der Waals surface area contributed by atoms with Gasteiger partial charge in [-0.1, -0.05) is 6.92 Å². The highest BCUT2D eigenvalue weighted by molar-refractivity contribution is 5.46. The molecule has 4 N–H and O–H groups in total. The third-order valence-corrected chi connectivity index (χ3v) is 1.97. The third kappa shape index (κ3) is 3.36. The molecule has 84 valence electrons. The molecule has 5 heteroatoms. The van der Waals surface area contributed by atoms with Gasteiger partial charge in [0.1, 0.15) is 17.5 Å². The predicted octanol–water partition coefficient (Wildman–Crippen LogP) is 0.804. The van der Waals surface area contributed by atoms with Crippen molar-refractivity contribution in [3.8, 4) is 0 Å². The minimum atomic E-state index is -0.411. The maximum absolute atomic E-state index is 9.11. The summed E-state index contributed by atoms with van der Waals surface area (Å²) in [5.74, 6) is 1.79. The van der Waals surface area contributed by atoms with Gasteiger partial charge in [-0.3, -0.25) is 0 Å². The first-order valence-electron chi connectivity index (χ1n) is 4.99. The summed E-state index contributed by atoms with van der Waals surface area (Å²) in [6.45, 7) is 5.77. The lowest BCUT2D eigenvalue weighted by molar-refractivity contribution is 0.234. The van der Waals surface area contributed by atoms with Crippen molar-refractivity contribution in [2.45, 2.75) is 32.7 Å². The zero-order chi connectivity index (χ0) is 11.5. The van der Waals surface area contributed by atoms with E-state index >= 15 is 0 Å². The summed E-state index contributed by atoms with van der Waals surface area (Å²) in [5.41, 5.74) is 5.23. The van der Waals surface area contributed by atoms with Gasteiger partial charge in [0, 0.05) is 12.5 Å². The van der Waals surface area contributed by atoms with Gasteiger partial charge in [-0.2, -0.15) is 0 Å². The normalized spacial score (nSPS) is 11.5. The lowest BCUT2D eigenvalue weighted by Crippen LogP contribution is -2.35. The number of aliphatic hydroxyl groups excluding tert-OH is 1. The predicted molar refractivity (Wildman–Crippen MR) is 60.6 cm³/mol. The van der Waals surface area contributed by atoms with E-state index in [9.17, 15) is 0 Å². The lowest BCUT2D eigenvalue weighted by Gasteiger charge is -2.24. The fourth-order valence-corrected chi connectivity index (χ4v) is 1.13. The Hall–Kier alpha value is -1.36. The van der Waals surface area contributed by atoms with Gasteiger partial charge >= 0.3 is 0 Å². The van der Waals surface area contributed by atoms with Gasteiger partial charge in [-0.05, 0) is 13.8 Å². The SMILES string of the molecule is CCc1nc(N)cc(NC(C)(C)CO)n1. The lowest BCUT2D eigenvalue weighted by atomic mass is 10.1. The molecule has 5 nitrogen and oxygen atoms in total. The first-order chi connectivity index (χ1) is 6.96. The van der Waals surface area contributed by atoms with Crippen LogP contribution in [0.15, 0.2) is 6.07 Å². The summed E-state index contributed by atoms with van der Waals surface area (Å²) < 4.78 is 0. The van der Waals surface area contributed by atoms with Crippen LogP contribution in [-0.2, 0) is 6.42 Å².